The Bertz CT molecular complexity index is 874. The molecular weight excluding hydrogens is 348 g/mol. The average Bonchev–Trinajstić information content (AvgIpc) is 3.02. The lowest BCUT2D eigenvalue weighted by atomic mass is 10.1. The van der Waals surface area contributed by atoms with Crippen LogP contribution in [-0.2, 0) is 4.79 Å². The van der Waals surface area contributed by atoms with Crippen LogP contribution >= 0.6 is 23.1 Å². The van der Waals surface area contributed by atoms with Crippen molar-refractivity contribution in [3.05, 3.63) is 76.3 Å². The number of hydrogen-bond acceptors (Lipinski definition) is 4. The summed E-state index contributed by atoms with van der Waals surface area (Å²) in [5.74, 6) is -0.0299. The number of hydrogen-bond donors (Lipinski definition) is 1. The summed E-state index contributed by atoms with van der Waals surface area (Å²) in [6, 6.07) is 15.9. The second kappa shape index (κ2) is 7.85. The summed E-state index contributed by atoms with van der Waals surface area (Å²) in [5.41, 5.74) is 5.00. The Morgan fingerprint density at radius 3 is 2.56 bits per heavy atom. The van der Waals surface area contributed by atoms with Crippen LogP contribution in [0.3, 0.4) is 0 Å². The number of nitrogens with one attached hydrogen (secondary N) is 1. The second-order valence-electron chi connectivity index (χ2n) is 5.97. The molecule has 0 bridgehead atoms. The Balaban J connectivity index is 1.88. The Hall–Kier alpha value is -2.11. The molecule has 1 amide bonds. The molecule has 1 aromatic heterocycles. The highest BCUT2D eigenvalue weighted by atomic mass is 32.2. The van der Waals surface area contributed by atoms with E-state index in [-0.39, 0.29) is 11.2 Å². The fraction of sp³-hybridized carbons (Fsp3) is 0.200. The summed E-state index contributed by atoms with van der Waals surface area (Å²) >= 11 is 3.07. The third-order valence-corrected chi connectivity index (χ3v) is 6.15. The largest absolute Gasteiger partial charge is 0.325 e. The van der Waals surface area contributed by atoms with Crippen molar-refractivity contribution in [2.75, 3.05) is 5.32 Å². The highest BCUT2D eigenvalue weighted by Crippen LogP contribution is 2.38. The lowest BCUT2D eigenvalue weighted by Crippen LogP contribution is -2.19. The molecule has 0 aliphatic rings. The number of rotatable bonds is 5. The van der Waals surface area contributed by atoms with E-state index in [1.54, 1.807) is 11.3 Å². The predicted molar refractivity (Wildman–Crippen MR) is 106 cm³/mol. The lowest BCUT2D eigenvalue weighted by molar-refractivity contribution is -0.115. The van der Waals surface area contributed by atoms with Gasteiger partial charge < -0.3 is 5.32 Å². The Morgan fingerprint density at radius 1 is 1.12 bits per heavy atom. The van der Waals surface area contributed by atoms with Gasteiger partial charge >= 0.3 is 0 Å². The number of aromatic nitrogens is 1. The molecule has 3 aromatic rings. The third-order valence-electron chi connectivity index (χ3n) is 3.81. The quantitative estimate of drug-likeness (QED) is 0.601. The van der Waals surface area contributed by atoms with E-state index in [1.165, 1.54) is 11.8 Å². The van der Waals surface area contributed by atoms with Gasteiger partial charge in [0, 0.05) is 16.8 Å². The van der Waals surface area contributed by atoms with Crippen molar-refractivity contribution in [1.29, 1.82) is 0 Å². The molecule has 3 rings (SSSR count). The van der Waals surface area contributed by atoms with Crippen LogP contribution in [-0.4, -0.2) is 10.9 Å². The van der Waals surface area contributed by atoms with Gasteiger partial charge in [-0.2, -0.15) is 0 Å². The second-order valence-corrected chi connectivity index (χ2v) is 8.18. The fourth-order valence-electron chi connectivity index (χ4n) is 2.46. The maximum absolute atomic E-state index is 13.0. The van der Waals surface area contributed by atoms with Gasteiger partial charge in [-0.05, 0) is 43.5 Å². The number of aryl methyl sites for hydroxylation is 3. The summed E-state index contributed by atoms with van der Waals surface area (Å²) in [6.07, 6.45) is 0. The minimum absolute atomic E-state index is 0.0299. The zero-order chi connectivity index (χ0) is 17.8. The van der Waals surface area contributed by atoms with Gasteiger partial charge in [0.1, 0.15) is 5.25 Å². The minimum atomic E-state index is -0.341. The molecule has 25 heavy (non-hydrogen) atoms. The topological polar surface area (TPSA) is 42.0 Å². The van der Waals surface area contributed by atoms with Crippen molar-refractivity contribution >= 4 is 34.7 Å². The first-order chi connectivity index (χ1) is 12.0. The summed E-state index contributed by atoms with van der Waals surface area (Å²) in [5, 5.41) is 4.76. The van der Waals surface area contributed by atoms with Crippen LogP contribution < -0.4 is 5.32 Å². The van der Waals surface area contributed by atoms with E-state index < -0.39 is 0 Å². The van der Waals surface area contributed by atoms with E-state index in [9.17, 15) is 4.79 Å². The number of nitrogens with zero attached hydrogens (tertiary/aromatic N) is 1. The van der Waals surface area contributed by atoms with Gasteiger partial charge in [0.15, 0.2) is 4.34 Å². The predicted octanol–water partition coefficient (Wildman–Crippen LogP) is 5.54. The van der Waals surface area contributed by atoms with Crippen LogP contribution in [0.15, 0.2) is 58.3 Å². The molecule has 128 valence electrons. The van der Waals surface area contributed by atoms with Crippen LogP contribution in [0.2, 0.25) is 0 Å². The van der Waals surface area contributed by atoms with Crippen molar-refractivity contribution in [3.63, 3.8) is 0 Å². The van der Waals surface area contributed by atoms with Gasteiger partial charge in [-0.15, -0.1) is 11.3 Å². The van der Waals surface area contributed by atoms with Crippen molar-refractivity contribution in [1.82, 2.24) is 4.98 Å². The van der Waals surface area contributed by atoms with Gasteiger partial charge in [0.2, 0.25) is 5.91 Å². The van der Waals surface area contributed by atoms with Crippen LogP contribution in [0.5, 0.6) is 0 Å². The molecular formula is C20H20N2OS2. The maximum Gasteiger partial charge on any atom is 0.242 e. The van der Waals surface area contributed by atoms with E-state index >= 15 is 0 Å². The molecule has 0 fully saturated rings. The van der Waals surface area contributed by atoms with E-state index in [0.29, 0.717) is 0 Å². The first kappa shape index (κ1) is 17.7. The number of thiazole rings is 1. The van der Waals surface area contributed by atoms with Crippen LogP contribution in [0, 0.1) is 20.8 Å². The van der Waals surface area contributed by atoms with Gasteiger partial charge in [-0.1, -0.05) is 54.2 Å². The zero-order valence-electron chi connectivity index (χ0n) is 14.4. The van der Waals surface area contributed by atoms with E-state index in [4.69, 9.17) is 0 Å². The van der Waals surface area contributed by atoms with Gasteiger partial charge in [-0.25, -0.2) is 4.98 Å². The minimum Gasteiger partial charge on any atom is -0.325 e. The van der Waals surface area contributed by atoms with Crippen molar-refractivity contribution < 1.29 is 4.79 Å². The number of amides is 1. The molecule has 0 saturated heterocycles. The summed E-state index contributed by atoms with van der Waals surface area (Å²) < 4.78 is 0.905. The molecule has 0 aliphatic carbocycles. The maximum atomic E-state index is 13.0. The summed E-state index contributed by atoms with van der Waals surface area (Å²) in [4.78, 5) is 17.5. The monoisotopic (exact) mass is 368 g/mol. The molecule has 0 radical (unpaired) electrons. The molecule has 1 atom stereocenters. The first-order valence-electron chi connectivity index (χ1n) is 8.05. The van der Waals surface area contributed by atoms with Crippen LogP contribution in [0.1, 0.15) is 27.6 Å². The lowest BCUT2D eigenvalue weighted by Gasteiger charge is -2.17. The Labute approximate surface area is 156 Å². The molecule has 5 heteroatoms. The highest BCUT2D eigenvalue weighted by molar-refractivity contribution is 8.01. The summed E-state index contributed by atoms with van der Waals surface area (Å²) in [7, 11) is 0. The van der Waals surface area contributed by atoms with Crippen molar-refractivity contribution in [2.24, 2.45) is 0 Å². The molecule has 1 unspecified atom stereocenters. The number of carbonyl (C=O) groups is 1. The molecule has 2 aromatic carbocycles. The molecule has 0 aliphatic heterocycles. The molecule has 1 heterocycles. The van der Waals surface area contributed by atoms with Crippen LogP contribution in [0.25, 0.3) is 0 Å². The molecule has 0 spiro atoms. The molecule has 1 N–H and O–H groups in total. The van der Waals surface area contributed by atoms with Gasteiger partial charge in [0.25, 0.3) is 0 Å². The van der Waals surface area contributed by atoms with E-state index in [2.05, 4.69) is 10.3 Å². The normalized spacial score (nSPS) is 12.0. The van der Waals surface area contributed by atoms with Crippen LogP contribution in [0.4, 0.5) is 5.69 Å². The van der Waals surface area contributed by atoms with Gasteiger partial charge in [-0.3, -0.25) is 4.79 Å². The summed E-state index contributed by atoms with van der Waals surface area (Å²) in [6.45, 7) is 6.00. The first-order valence-corrected chi connectivity index (χ1v) is 9.81. The number of carbonyl (C=O) groups excluding carboxylic acids is 1. The average molecular weight is 369 g/mol. The van der Waals surface area contributed by atoms with E-state index in [0.717, 1.165) is 32.4 Å². The fourth-order valence-corrected chi connectivity index (χ4v) is 4.49. The smallest absolute Gasteiger partial charge is 0.242 e. The SMILES string of the molecule is Cc1ccc(C)c(NC(=O)C(Sc2nc(C)cs2)c2ccccc2)c1. The Kier molecular flexibility index (Phi) is 5.56. The van der Waals surface area contributed by atoms with Gasteiger partial charge in [0.05, 0.1) is 0 Å². The standard InChI is InChI=1S/C20H20N2OS2/c1-13-9-10-14(2)17(11-13)22-19(23)18(16-7-5-4-6-8-16)25-20-21-15(3)12-24-20/h4-12,18H,1-3H3,(H,22,23). The Morgan fingerprint density at radius 2 is 1.88 bits per heavy atom. The molecule has 0 saturated carbocycles. The number of thioether (sulfide) groups is 1. The highest BCUT2D eigenvalue weighted by Gasteiger charge is 2.24. The molecule has 3 nitrogen and oxygen atoms in total. The number of benzene rings is 2. The van der Waals surface area contributed by atoms with E-state index in [1.807, 2.05) is 74.7 Å². The number of anilines is 1. The van der Waals surface area contributed by atoms with Crippen molar-refractivity contribution in [3.8, 4) is 0 Å². The third kappa shape index (κ3) is 4.50. The van der Waals surface area contributed by atoms with Crippen molar-refractivity contribution in [2.45, 2.75) is 30.4 Å². The zero-order valence-corrected chi connectivity index (χ0v) is 16.1.